The molecular weight excluding hydrogens is 315 g/mol. The van der Waals surface area contributed by atoms with E-state index in [0.717, 1.165) is 29.6 Å². The van der Waals surface area contributed by atoms with Gasteiger partial charge in [0.25, 0.3) is 0 Å². The first-order valence-corrected chi connectivity index (χ1v) is 8.91. The fourth-order valence-electron chi connectivity index (χ4n) is 3.79. The Hall–Kier alpha value is -2.33. The molecular formula is C21H23FN2O. The van der Waals surface area contributed by atoms with Gasteiger partial charge < -0.3 is 14.2 Å². The lowest BCUT2D eigenvalue weighted by atomic mass is 10.0. The summed E-state index contributed by atoms with van der Waals surface area (Å²) < 4.78 is 22.1. The quantitative estimate of drug-likeness (QED) is 0.679. The number of rotatable bonds is 5. The molecule has 0 aliphatic carbocycles. The zero-order valence-corrected chi connectivity index (χ0v) is 14.5. The van der Waals surface area contributed by atoms with Gasteiger partial charge in [-0.05, 0) is 49.7 Å². The summed E-state index contributed by atoms with van der Waals surface area (Å²) in [6, 6.07) is 13.5. The summed E-state index contributed by atoms with van der Waals surface area (Å²) in [4.78, 5) is 2.51. The third kappa shape index (κ3) is 3.02. The van der Waals surface area contributed by atoms with Gasteiger partial charge >= 0.3 is 0 Å². The molecule has 1 fully saturated rings. The van der Waals surface area contributed by atoms with E-state index < -0.39 is 0 Å². The standard InChI is InChI=1S/C21H23FN2O/c1-25-20-9-5-7-18(21(20)22)16-6-4-8-19-17(16)10-13-24(19)15-14-23-11-2-3-12-23/h4-10,13H,2-3,11-12,14-15H2,1H3. The van der Waals surface area contributed by atoms with E-state index in [2.05, 4.69) is 27.8 Å². The number of hydrogen-bond donors (Lipinski definition) is 0. The van der Waals surface area contributed by atoms with Gasteiger partial charge in [-0.3, -0.25) is 0 Å². The number of halogens is 1. The maximum absolute atomic E-state index is 14.7. The van der Waals surface area contributed by atoms with Gasteiger partial charge in [0, 0.05) is 35.8 Å². The molecule has 1 aliphatic heterocycles. The lowest BCUT2D eigenvalue weighted by Gasteiger charge is -2.15. The Labute approximate surface area is 147 Å². The molecule has 0 unspecified atom stereocenters. The second kappa shape index (κ2) is 6.89. The third-order valence-corrected chi connectivity index (χ3v) is 5.14. The molecule has 0 saturated carbocycles. The molecule has 4 rings (SSSR count). The summed E-state index contributed by atoms with van der Waals surface area (Å²) in [5.41, 5.74) is 2.65. The molecule has 3 nitrogen and oxygen atoms in total. The number of nitrogens with zero attached hydrogens (tertiary/aromatic N) is 2. The number of aromatic nitrogens is 1. The van der Waals surface area contributed by atoms with Crippen molar-refractivity contribution < 1.29 is 9.13 Å². The van der Waals surface area contributed by atoms with Crippen molar-refractivity contribution in [3.8, 4) is 16.9 Å². The fraction of sp³-hybridized carbons (Fsp3) is 0.333. The summed E-state index contributed by atoms with van der Waals surface area (Å²) >= 11 is 0. The molecule has 4 heteroatoms. The van der Waals surface area contributed by atoms with E-state index in [0.29, 0.717) is 5.56 Å². The van der Waals surface area contributed by atoms with Crippen molar-refractivity contribution in [3.63, 3.8) is 0 Å². The molecule has 1 saturated heterocycles. The molecule has 0 amide bonds. The van der Waals surface area contributed by atoms with Crippen LogP contribution < -0.4 is 4.74 Å². The molecule has 0 radical (unpaired) electrons. The zero-order valence-electron chi connectivity index (χ0n) is 14.5. The SMILES string of the molecule is COc1cccc(-c2cccc3c2ccn3CCN2CCCC2)c1F. The molecule has 2 aromatic carbocycles. The molecule has 1 aromatic heterocycles. The van der Waals surface area contributed by atoms with Gasteiger partial charge in [-0.25, -0.2) is 4.39 Å². The van der Waals surface area contributed by atoms with Crippen molar-refractivity contribution in [1.29, 1.82) is 0 Å². The highest BCUT2D eigenvalue weighted by Gasteiger charge is 2.15. The van der Waals surface area contributed by atoms with Crippen molar-refractivity contribution in [2.45, 2.75) is 19.4 Å². The summed E-state index contributed by atoms with van der Waals surface area (Å²) in [5.74, 6) is -0.0229. The van der Waals surface area contributed by atoms with Crippen molar-refractivity contribution in [2.24, 2.45) is 0 Å². The summed E-state index contributed by atoms with van der Waals surface area (Å²) in [5, 5.41) is 1.08. The second-order valence-electron chi connectivity index (χ2n) is 6.62. The van der Waals surface area contributed by atoms with Crippen LogP contribution in [0.25, 0.3) is 22.0 Å². The molecule has 0 N–H and O–H groups in total. The smallest absolute Gasteiger partial charge is 0.172 e. The number of hydrogen-bond acceptors (Lipinski definition) is 2. The molecule has 0 bridgehead atoms. The van der Waals surface area contributed by atoms with E-state index in [9.17, 15) is 4.39 Å². The highest BCUT2D eigenvalue weighted by atomic mass is 19.1. The second-order valence-corrected chi connectivity index (χ2v) is 6.62. The van der Waals surface area contributed by atoms with E-state index >= 15 is 0 Å². The van der Waals surface area contributed by atoms with Crippen molar-refractivity contribution >= 4 is 10.9 Å². The van der Waals surface area contributed by atoms with E-state index in [1.165, 1.54) is 33.0 Å². The van der Waals surface area contributed by atoms with Gasteiger partial charge in [0.1, 0.15) is 0 Å². The maximum atomic E-state index is 14.7. The summed E-state index contributed by atoms with van der Waals surface area (Å²) in [6.45, 7) is 4.45. The highest BCUT2D eigenvalue weighted by molar-refractivity contribution is 5.95. The van der Waals surface area contributed by atoms with Crippen LogP contribution in [-0.4, -0.2) is 36.2 Å². The number of methoxy groups -OCH3 is 1. The largest absolute Gasteiger partial charge is 0.494 e. The zero-order chi connectivity index (χ0) is 17.2. The third-order valence-electron chi connectivity index (χ3n) is 5.14. The normalized spacial score (nSPS) is 15.1. The fourth-order valence-corrected chi connectivity index (χ4v) is 3.79. The van der Waals surface area contributed by atoms with E-state index in [4.69, 9.17) is 4.74 Å². The van der Waals surface area contributed by atoms with Crippen LogP contribution in [0.4, 0.5) is 4.39 Å². The van der Waals surface area contributed by atoms with Gasteiger partial charge in [0.15, 0.2) is 11.6 Å². The lowest BCUT2D eigenvalue weighted by Crippen LogP contribution is -2.23. The predicted octanol–water partition coefficient (Wildman–Crippen LogP) is 4.55. The van der Waals surface area contributed by atoms with Crippen LogP contribution in [0, 0.1) is 5.82 Å². The Balaban J connectivity index is 1.69. The van der Waals surface area contributed by atoms with Gasteiger partial charge in [0.2, 0.25) is 0 Å². The van der Waals surface area contributed by atoms with Crippen LogP contribution in [0.2, 0.25) is 0 Å². The average Bonchev–Trinajstić information content (AvgIpc) is 3.29. The first-order valence-electron chi connectivity index (χ1n) is 8.91. The monoisotopic (exact) mass is 338 g/mol. The van der Waals surface area contributed by atoms with Crippen LogP contribution in [0.1, 0.15) is 12.8 Å². The number of likely N-dealkylation sites (tertiary alicyclic amines) is 1. The Bertz CT molecular complexity index is 881. The van der Waals surface area contributed by atoms with Crippen LogP contribution >= 0.6 is 0 Å². The van der Waals surface area contributed by atoms with Crippen molar-refractivity contribution in [3.05, 3.63) is 54.5 Å². The topological polar surface area (TPSA) is 17.4 Å². The first kappa shape index (κ1) is 16.2. The Morgan fingerprint density at radius 2 is 1.72 bits per heavy atom. The summed E-state index contributed by atoms with van der Waals surface area (Å²) in [6.07, 6.45) is 4.74. The van der Waals surface area contributed by atoms with Gasteiger partial charge in [-0.15, -0.1) is 0 Å². The van der Waals surface area contributed by atoms with E-state index in [1.54, 1.807) is 6.07 Å². The Morgan fingerprint density at radius 3 is 2.52 bits per heavy atom. The molecule has 1 aliphatic rings. The first-order chi connectivity index (χ1) is 12.3. The minimum absolute atomic E-state index is 0.281. The molecule has 0 atom stereocenters. The number of fused-ring (bicyclic) bond motifs is 1. The number of ether oxygens (including phenoxy) is 1. The molecule has 25 heavy (non-hydrogen) atoms. The maximum Gasteiger partial charge on any atom is 0.172 e. The average molecular weight is 338 g/mol. The molecule has 130 valence electrons. The van der Waals surface area contributed by atoms with Gasteiger partial charge in [-0.1, -0.05) is 24.3 Å². The van der Waals surface area contributed by atoms with Crippen molar-refractivity contribution in [2.75, 3.05) is 26.7 Å². The highest BCUT2D eigenvalue weighted by Crippen LogP contribution is 2.34. The lowest BCUT2D eigenvalue weighted by molar-refractivity contribution is 0.324. The minimum atomic E-state index is -0.303. The van der Waals surface area contributed by atoms with Gasteiger partial charge in [-0.2, -0.15) is 0 Å². The summed E-state index contributed by atoms with van der Waals surface area (Å²) in [7, 11) is 1.50. The predicted molar refractivity (Wildman–Crippen MR) is 99.6 cm³/mol. The van der Waals surface area contributed by atoms with Crippen LogP contribution in [0.3, 0.4) is 0 Å². The van der Waals surface area contributed by atoms with E-state index in [-0.39, 0.29) is 11.6 Å². The Kier molecular flexibility index (Phi) is 4.45. The molecule has 2 heterocycles. The Morgan fingerprint density at radius 1 is 0.960 bits per heavy atom. The number of benzene rings is 2. The molecule has 3 aromatic rings. The van der Waals surface area contributed by atoms with Crippen LogP contribution in [-0.2, 0) is 6.54 Å². The van der Waals surface area contributed by atoms with E-state index in [1.807, 2.05) is 24.3 Å². The van der Waals surface area contributed by atoms with Crippen LogP contribution in [0.5, 0.6) is 5.75 Å². The van der Waals surface area contributed by atoms with Crippen molar-refractivity contribution in [1.82, 2.24) is 9.47 Å². The van der Waals surface area contributed by atoms with Gasteiger partial charge in [0.05, 0.1) is 7.11 Å². The van der Waals surface area contributed by atoms with Crippen LogP contribution in [0.15, 0.2) is 48.7 Å². The minimum Gasteiger partial charge on any atom is -0.494 e. The molecule has 0 spiro atoms.